The van der Waals surface area contributed by atoms with Gasteiger partial charge in [0.15, 0.2) is 5.79 Å². The molecule has 1 unspecified atom stereocenters. The SMILES string of the molecule is C[C@@H]1C2(CC[C@](C)(O)CO2)O[C@H]2C=C3[C@@H]4CC[C@H]5Cc6nc7c(nc6C[C@]5(C)[C@H]4C[C@@H](O)[C@]3(C)[C@]21O)C[C@@H]1CC[C@H]2C3=C[C@@H]4O[C@]5(O[C@](C)(CO)C[C@H]5O)[C@@H](C)[C@]4(O)[C@@]3(C)[C@H](O)C[C@@H]2[C@@]1(C)C7. The van der Waals surface area contributed by atoms with Gasteiger partial charge in [-0.1, -0.05) is 64.8 Å². The molecule has 8 aliphatic carbocycles. The molecular formula is C54H76N2O11. The lowest BCUT2D eigenvalue weighted by molar-refractivity contribution is -0.289. The molecule has 8 fully saturated rings. The second-order valence-corrected chi connectivity index (χ2v) is 26.3. The molecule has 0 bridgehead atoms. The predicted molar refractivity (Wildman–Crippen MR) is 243 cm³/mol. The Morgan fingerprint density at radius 1 is 0.642 bits per heavy atom. The molecule has 0 amide bonds. The minimum atomic E-state index is -1.50. The van der Waals surface area contributed by atoms with E-state index in [2.05, 4.69) is 32.9 Å². The fraction of sp³-hybridized carbons (Fsp3) is 0.852. The standard InChI is InChI=1S/C54H76N2O11/c1-26-51(14-13-45(3,61)25-64-51)65-43-19-34-30-11-9-28-15-36-38(21-47(28,5)32(30)17-40(58)49(34,7)52(26,43)62)55-37-16-29-10-12-31-33(48(29,6)22-39(37)56-36)18-41(59)50(8)35(31)20-44-53(50,63)27(2)54(66-44)42(60)23-46(4,24-57)67-54/h19-20,26-33,40-44,57-63H,9-18,21-25H2,1-8H3/t26-,27+,28+,29+,30-,31-,32+,33+,40-,41-,42-,43+,44+,45+,46+,47+,48+,49-,50-,51?,52-,53-,54+/m1/s1. The number of nitrogens with zero attached hydrogens (tertiary/aromatic N) is 2. The number of aliphatic hydroxyl groups is 7. The normalized spacial score (nSPS) is 59.8. The highest BCUT2D eigenvalue weighted by molar-refractivity contribution is 5.45. The van der Waals surface area contributed by atoms with Crippen molar-refractivity contribution in [2.75, 3.05) is 13.2 Å². The molecular weight excluding hydrogens is 853 g/mol. The molecule has 5 heterocycles. The van der Waals surface area contributed by atoms with E-state index in [4.69, 9.17) is 28.9 Å². The minimum Gasteiger partial charge on any atom is -0.393 e. The van der Waals surface area contributed by atoms with Crippen LogP contribution in [0.4, 0.5) is 0 Å². The smallest absolute Gasteiger partial charge is 0.201 e. The van der Waals surface area contributed by atoms with Crippen LogP contribution in [0, 0.1) is 69.0 Å². The Morgan fingerprint density at radius 3 is 1.63 bits per heavy atom. The van der Waals surface area contributed by atoms with E-state index in [1.54, 1.807) is 13.8 Å². The summed E-state index contributed by atoms with van der Waals surface area (Å²) in [6, 6.07) is 0. The van der Waals surface area contributed by atoms with Crippen LogP contribution >= 0.6 is 0 Å². The molecule has 0 aromatic carbocycles. The van der Waals surface area contributed by atoms with Crippen molar-refractivity contribution in [3.8, 4) is 0 Å². The van der Waals surface area contributed by atoms with Crippen molar-refractivity contribution in [3.63, 3.8) is 0 Å². The molecule has 0 radical (unpaired) electrons. The van der Waals surface area contributed by atoms with E-state index < -0.39 is 87.2 Å². The summed E-state index contributed by atoms with van der Waals surface area (Å²) in [7, 11) is 0. The van der Waals surface area contributed by atoms with Crippen LogP contribution in [0.3, 0.4) is 0 Å². The molecule has 1 aromatic rings. The van der Waals surface area contributed by atoms with E-state index in [-0.39, 0.29) is 54.1 Å². The predicted octanol–water partition coefficient (Wildman–Crippen LogP) is 4.41. The van der Waals surface area contributed by atoms with E-state index in [9.17, 15) is 35.7 Å². The van der Waals surface area contributed by atoms with Gasteiger partial charge in [0.25, 0.3) is 0 Å². The fourth-order valence-electron chi connectivity index (χ4n) is 19.3. The quantitative estimate of drug-likeness (QED) is 0.196. The molecule has 13 rings (SSSR count). The highest BCUT2D eigenvalue weighted by Gasteiger charge is 2.80. The molecule has 4 saturated carbocycles. The van der Waals surface area contributed by atoms with Crippen LogP contribution in [0.15, 0.2) is 23.3 Å². The Morgan fingerprint density at radius 2 is 1.15 bits per heavy atom. The number of aliphatic hydroxyl groups excluding tert-OH is 4. The van der Waals surface area contributed by atoms with E-state index in [0.29, 0.717) is 37.5 Å². The van der Waals surface area contributed by atoms with Crippen LogP contribution < -0.4 is 0 Å². The van der Waals surface area contributed by atoms with Crippen molar-refractivity contribution in [3.05, 3.63) is 46.1 Å². The first kappa shape index (κ1) is 45.0. The first-order valence-electron chi connectivity index (χ1n) is 26.2. The van der Waals surface area contributed by atoms with Crippen LogP contribution in [0.2, 0.25) is 0 Å². The van der Waals surface area contributed by atoms with Crippen LogP contribution in [-0.4, -0.2) is 123 Å². The molecule has 4 saturated heterocycles. The third kappa shape index (κ3) is 5.11. The van der Waals surface area contributed by atoms with E-state index in [0.717, 1.165) is 85.3 Å². The third-order valence-electron chi connectivity index (χ3n) is 23.5. The summed E-state index contributed by atoms with van der Waals surface area (Å²) < 4.78 is 26.1. The van der Waals surface area contributed by atoms with Crippen LogP contribution in [0.1, 0.15) is 136 Å². The molecule has 13 nitrogen and oxygen atoms in total. The molecule has 1 aromatic heterocycles. The molecule has 4 aliphatic heterocycles. The zero-order valence-electron chi connectivity index (χ0n) is 40.9. The van der Waals surface area contributed by atoms with Crippen molar-refractivity contribution in [1.29, 1.82) is 0 Å². The third-order valence-corrected chi connectivity index (χ3v) is 23.5. The zero-order chi connectivity index (χ0) is 47.2. The van der Waals surface area contributed by atoms with Crippen molar-refractivity contribution >= 4 is 0 Å². The second-order valence-electron chi connectivity index (χ2n) is 26.3. The highest BCUT2D eigenvalue weighted by Crippen LogP contribution is 2.73. The van der Waals surface area contributed by atoms with Gasteiger partial charge in [-0.3, -0.25) is 9.97 Å². The van der Waals surface area contributed by atoms with E-state index in [1.807, 2.05) is 20.8 Å². The van der Waals surface area contributed by atoms with Gasteiger partial charge in [0.1, 0.15) is 29.5 Å². The Hall–Kier alpha value is -1.88. The molecule has 12 aliphatic rings. The Balaban J connectivity index is 0.768. The average Bonchev–Trinajstić information content (AvgIpc) is 3.92. The number of ether oxygens (including phenoxy) is 4. The van der Waals surface area contributed by atoms with Gasteiger partial charge in [0.2, 0.25) is 5.79 Å². The number of hydrogen-bond acceptors (Lipinski definition) is 13. The summed E-state index contributed by atoms with van der Waals surface area (Å²) in [6.07, 6.45) is 9.98. The average molecular weight is 929 g/mol. The van der Waals surface area contributed by atoms with Crippen molar-refractivity contribution < 1.29 is 54.7 Å². The lowest BCUT2D eigenvalue weighted by atomic mass is 9.44. The molecule has 7 N–H and O–H groups in total. The highest BCUT2D eigenvalue weighted by atomic mass is 16.7. The maximum Gasteiger partial charge on any atom is 0.201 e. The Labute approximate surface area is 395 Å². The summed E-state index contributed by atoms with van der Waals surface area (Å²) in [6.45, 7) is 16.3. The van der Waals surface area contributed by atoms with Gasteiger partial charge in [-0.25, -0.2) is 0 Å². The molecule has 368 valence electrons. The fourth-order valence-corrected chi connectivity index (χ4v) is 19.3. The number of fused-ring (bicyclic) bond motifs is 16. The summed E-state index contributed by atoms with van der Waals surface area (Å²) in [4.78, 5) is 11.2. The van der Waals surface area contributed by atoms with Gasteiger partial charge < -0.3 is 54.7 Å². The summed E-state index contributed by atoms with van der Waals surface area (Å²) >= 11 is 0. The van der Waals surface area contributed by atoms with Gasteiger partial charge >= 0.3 is 0 Å². The van der Waals surface area contributed by atoms with Gasteiger partial charge in [-0.2, -0.15) is 0 Å². The van der Waals surface area contributed by atoms with Gasteiger partial charge in [-0.05, 0) is 131 Å². The maximum absolute atomic E-state index is 12.9. The monoisotopic (exact) mass is 929 g/mol. The number of hydrogen-bond donors (Lipinski definition) is 7. The van der Waals surface area contributed by atoms with Crippen LogP contribution in [0.25, 0.3) is 0 Å². The summed E-state index contributed by atoms with van der Waals surface area (Å²) in [5.74, 6) is -1.98. The molecule has 67 heavy (non-hydrogen) atoms. The summed E-state index contributed by atoms with van der Waals surface area (Å²) in [5.41, 5.74) is -0.160. The van der Waals surface area contributed by atoms with Crippen molar-refractivity contribution in [2.24, 2.45) is 69.0 Å². The Kier molecular flexibility index (Phi) is 9.00. The Bertz CT molecular complexity index is 2380. The number of rotatable bonds is 1. The lowest BCUT2D eigenvalue weighted by Gasteiger charge is -2.62. The molecule has 13 heteroatoms. The topological polar surface area (TPSA) is 204 Å². The van der Waals surface area contributed by atoms with Crippen LogP contribution in [-0.2, 0) is 44.6 Å². The number of aromatic nitrogens is 2. The van der Waals surface area contributed by atoms with Crippen molar-refractivity contribution in [2.45, 2.75) is 203 Å². The minimum absolute atomic E-state index is 0.0983. The largest absolute Gasteiger partial charge is 0.393 e. The summed E-state index contributed by atoms with van der Waals surface area (Å²) in [5, 5.41) is 83.0. The van der Waals surface area contributed by atoms with Crippen molar-refractivity contribution in [1.82, 2.24) is 9.97 Å². The molecule has 23 atom stereocenters. The first-order chi connectivity index (χ1) is 31.4. The molecule has 2 spiro atoms. The van der Waals surface area contributed by atoms with Gasteiger partial charge in [0.05, 0.1) is 59.4 Å². The second kappa shape index (κ2) is 13.4. The van der Waals surface area contributed by atoms with E-state index >= 15 is 0 Å². The zero-order valence-corrected chi connectivity index (χ0v) is 40.9. The van der Waals surface area contributed by atoms with Gasteiger partial charge in [0, 0.05) is 35.5 Å². The maximum atomic E-state index is 12.9. The first-order valence-corrected chi connectivity index (χ1v) is 26.2. The van der Waals surface area contributed by atoms with Gasteiger partial charge in [-0.15, -0.1) is 0 Å². The van der Waals surface area contributed by atoms with Crippen LogP contribution in [0.5, 0.6) is 0 Å². The lowest BCUT2D eigenvalue weighted by Crippen LogP contribution is -2.65. The van der Waals surface area contributed by atoms with E-state index in [1.165, 1.54) is 0 Å².